The predicted molar refractivity (Wildman–Crippen MR) is 219 cm³/mol. The van der Waals surface area contributed by atoms with Gasteiger partial charge < -0.3 is 14.7 Å². The summed E-state index contributed by atoms with van der Waals surface area (Å²) in [5, 5.41) is 9.64. The molecule has 0 fully saturated rings. The van der Waals surface area contributed by atoms with E-state index in [1.54, 1.807) is 44.3 Å². The molecule has 0 saturated heterocycles. The highest BCUT2D eigenvalue weighted by atomic mass is 35.5. The molecule has 0 spiro atoms. The third-order valence-corrected chi connectivity index (χ3v) is 15.0. The number of carbonyl (C=O) groups is 2. The highest BCUT2D eigenvalue weighted by Crippen LogP contribution is 2.54. The number of rotatable bonds is 8. The number of carboxylic acid groups (broad SMARTS) is 1. The van der Waals surface area contributed by atoms with Crippen molar-refractivity contribution in [2.45, 2.75) is 80.7 Å². The maximum atomic E-state index is 13.7. The molecule has 0 bridgehead atoms. The molecule has 0 unspecified atom stereocenters. The highest BCUT2D eigenvalue weighted by molar-refractivity contribution is 8.00. The molecule has 0 atom stereocenters. The Kier molecular flexibility index (Phi) is 10.4. The van der Waals surface area contributed by atoms with E-state index < -0.39 is 69.2 Å². The summed E-state index contributed by atoms with van der Waals surface area (Å²) in [6.45, 7) is 12.4. The number of thioether (sulfide) groups is 1. The van der Waals surface area contributed by atoms with Crippen LogP contribution in [-0.2, 0) is 25.0 Å². The molecule has 3 aromatic carbocycles. The van der Waals surface area contributed by atoms with E-state index in [1.807, 2.05) is 39.8 Å². The van der Waals surface area contributed by atoms with E-state index in [2.05, 4.69) is 0 Å². The first-order chi connectivity index (χ1) is 25.7. The SMILES string of the molecule is CCC(=O)CSc1c(Cl)c(Cl)c(C(=O)O)c(C2=c3cc4c(c(S(=O)(=O)O)c3Oc3c2cc2c(c3S(=O)(=O)O)N(C)C(C)(C)C=C2C)=[N+](C)C(C)(C)C=C4C)c1Cl. The Hall–Kier alpha value is -3.41. The Morgan fingerprint density at radius 1 is 0.875 bits per heavy atom. The van der Waals surface area contributed by atoms with Crippen LogP contribution in [0.25, 0.3) is 16.7 Å². The van der Waals surface area contributed by atoms with Crippen LogP contribution in [0, 0.1) is 0 Å². The summed E-state index contributed by atoms with van der Waals surface area (Å²) >= 11 is 21.5. The fraction of sp³-hybridized carbons (Fsp3) is 0.342. The summed E-state index contributed by atoms with van der Waals surface area (Å²) in [6, 6.07) is 3.08. The number of Topliss-reactive ketones (excluding diaryl/α,β-unsaturated/α-hetero) is 1. The number of carbonyl (C=O) groups excluding carboxylic acids is 1. The summed E-state index contributed by atoms with van der Waals surface area (Å²) in [4.78, 5) is 25.9. The zero-order valence-electron chi connectivity index (χ0n) is 31.7. The lowest BCUT2D eigenvalue weighted by molar-refractivity contribution is -0.116. The standard InChI is InChI=1S/C38H37Cl3N2O10S3/c1-10-18(44)15-54-33-27(40)24(25(36(45)46)26(39)28(33)41)23-21-11-19-16(2)13-37(4,5)42(8)29(19)34(55(47,48)49)31(21)53-32-22(23)12-20-17(3)14-38(6,7)43(9)30(20)35(32)56(50,51)52/h11-14H,10,15H2,1-9H3,(H2-,45,46,47,48,49,50,51,52)/p+1. The molecular formula is C38H38Cl3N2O10S3+. The first kappa shape index (κ1) is 42.2. The van der Waals surface area contributed by atoms with E-state index >= 15 is 0 Å². The molecule has 3 N–H and O–H groups in total. The molecule has 0 radical (unpaired) electrons. The number of allylic oxidation sites excluding steroid dienone is 2. The maximum absolute atomic E-state index is 13.7. The minimum atomic E-state index is -5.26. The van der Waals surface area contributed by atoms with Gasteiger partial charge in [0.25, 0.3) is 10.1 Å². The molecule has 0 saturated carbocycles. The molecule has 56 heavy (non-hydrogen) atoms. The number of ether oxygens (including phenoxy) is 1. The smallest absolute Gasteiger partial charge is 0.337 e. The monoisotopic (exact) mass is 883 g/mol. The van der Waals surface area contributed by atoms with E-state index in [9.17, 15) is 40.6 Å². The van der Waals surface area contributed by atoms with Crippen molar-refractivity contribution in [2.75, 3.05) is 24.7 Å². The van der Waals surface area contributed by atoms with Crippen molar-refractivity contribution >= 4 is 101 Å². The van der Waals surface area contributed by atoms with Crippen LogP contribution in [0.3, 0.4) is 0 Å². The summed E-state index contributed by atoms with van der Waals surface area (Å²) < 4.78 is 85.0. The number of ketones is 1. The average molecular weight is 885 g/mol. The zero-order valence-corrected chi connectivity index (χ0v) is 36.4. The van der Waals surface area contributed by atoms with Crippen LogP contribution in [-0.4, -0.2) is 73.7 Å². The van der Waals surface area contributed by atoms with Gasteiger partial charge in [0.2, 0.25) is 10.3 Å². The molecule has 3 aliphatic rings. The number of hydrogen-bond acceptors (Lipinski definition) is 9. The Labute approximate surface area is 343 Å². The van der Waals surface area contributed by atoms with Crippen LogP contribution in [0.1, 0.15) is 87.5 Å². The minimum Gasteiger partial charge on any atom is -0.478 e. The average Bonchev–Trinajstić information content (AvgIpc) is 3.07. The van der Waals surface area contributed by atoms with Gasteiger partial charge >= 0.3 is 16.1 Å². The molecule has 12 nitrogen and oxygen atoms in total. The number of benzene rings is 3. The van der Waals surface area contributed by atoms with E-state index in [0.717, 1.165) is 11.8 Å². The number of hydrogen-bond donors (Lipinski definition) is 3. The lowest BCUT2D eigenvalue weighted by atomic mass is 9.83. The van der Waals surface area contributed by atoms with Gasteiger partial charge in [0.05, 0.1) is 43.2 Å². The first-order valence-electron chi connectivity index (χ1n) is 17.1. The van der Waals surface area contributed by atoms with Crippen molar-refractivity contribution in [1.82, 2.24) is 4.58 Å². The summed E-state index contributed by atoms with van der Waals surface area (Å²) in [7, 11) is -7.31. The van der Waals surface area contributed by atoms with Gasteiger partial charge in [-0.1, -0.05) is 47.8 Å². The molecule has 0 aliphatic carbocycles. The zero-order chi connectivity index (χ0) is 41.9. The molecule has 298 valence electrons. The van der Waals surface area contributed by atoms with Gasteiger partial charge in [0.15, 0.2) is 21.9 Å². The number of aromatic carboxylic acids is 1. The quantitative estimate of drug-likeness (QED) is 0.0702. The fourth-order valence-electron chi connectivity index (χ4n) is 7.54. The van der Waals surface area contributed by atoms with Gasteiger partial charge in [0.1, 0.15) is 12.8 Å². The van der Waals surface area contributed by atoms with Crippen LogP contribution >= 0.6 is 46.6 Å². The second-order valence-electron chi connectivity index (χ2n) is 15.0. The third kappa shape index (κ3) is 6.57. The second kappa shape index (κ2) is 13.9. The summed E-state index contributed by atoms with van der Waals surface area (Å²) in [5.74, 6) is -3.06. The van der Waals surface area contributed by atoms with E-state index in [0.29, 0.717) is 22.3 Å². The Morgan fingerprint density at radius 2 is 1.46 bits per heavy atom. The van der Waals surface area contributed by atoms with E-state index in [-0.39, 0.29) is 65.9 Å². The Balaban J connectivity index is 2.01. The minimum absolute atomic E-state index is 0.00969. The van der Waals surface area contributed by atoms with Crippen LogP contribution < -0.4 is 24.8 Å². The Morgan fingerprint density at radius 3 is 2.02 bits per heavy atom. The fourth-order valence-corrected chi connectivity index (χ4v) is 11.4. The van der Waals surface area contributed by atoms with Gasteiger partial charge in [-0.3, -0.25) is 13.9 Å². The number of fused-ring (bicyclic) bond motifs is 4. The number of anilines is 1. The van der Waals surface area contributed by atoms with Crippen molar-refractivity contribution < 1.29 is 45.4 Å². The molecule has 3 heterocycles. The van der Waals surface area contributed by atoms with Crippen LogP contribution in [0.15, 0.2) is 39.0 Å². The van der Waals surface area contributed by atoms with Gasteiger partial charge in [-0.25, -0.2) is 9.37 Å². The molecular weight excluding hydrogens is 847 g/mol. The van der Waals surface area contributed by atoms with Crippen LogP contribution in [0.5, 0.6) is 11.5 Å². The number of likely N-dealkylation sites (N-methyl/N-ethyl adjacent to an activating group) is 2. The second-order valence-corrected chi connectivity index (χ2v) is 19.8. The normalized spacial score (nSPS) is 16.9. The van der Waals surface area contributed by atoms with E-state index in [4.69, 9.17) is 39.5 Å². The molecule has 18 heteroatoms. The van der Waals surface area contributed by atoms with E-state index in [1.165, 1.54) is 12.1 Å². The lowest BCUT2D eigenvalue weighted by Crippen LogP contribution is -2.49. The van der Waals surface area contributed by atoms with Gasteiger partial charge in [-0.05, 0) is 57.0 Å². The van der Waals surface area contributed by atoms with Crippen LogP contribution in [0.2, 0.25) is 15.1 Å². The maximum Gasteiger partial charge on any atom is 0.337 e. The topological polar surface area (TPSA) is 179 Å². The van der Waals surface area contributed by atoms with Crippen molar-refractivity contribution in [3.05, 3.63) is 77.7 Å². The molecule has 3 aromatic rings. The van der Waals surface area contributed by atoms with Crippen molar-refractivity contribution in [2.24, 2.45) is 0 Å². The van der Waals surface area contributed by atoms with Gasteiger partial charge in [-0.15, -0.1) is 11.8 Å². The summed E-state index contributed by atoms with van der Waals surface area (Å²) in [6.07, 6.45) is 3.92. The number of nitrogens with zero attached hydrogens (tertiary/aromatic N) is 2. The molecule has 0 aromatic heterocycles. The largest absolute Gasteiger partial charge is 0.478 e. The van der Waals surface area contributed by atoms with Gasteiger partial charge in [0, 0.05) is 59.7 Å². The van der Waals surface area contributed by atoms with Crippen molar-refractivity contribution in [3.8, 4) is 11.5 Å². The summed E-state index contributed by atoms with van der Waals surface area (Å²) in [5.41, 5.74) is -1.04. The van der Waals surface area contributed by atoms with Crippen molar-refractivity contribution in [3.63, 3.8) is 0 Å². The van der Waals surface area contributed by atoms with Crippen molar-refractivity contribution in [1.29, 1.82) is 0 Å². The van der Waals surface area contributed by atoms with Crippen LogP contribution in [0.4, 0.5) is 5.69 Å². The lowest BCUT2D eigenvalue weighted by Gasteiger charge is -2.42. The first-order valence-corrected chi connectivity index (χ1v) is 22.1. The molecule has 3 aliphatic heterocycles. The number of halogens is 3. The third-order valence-electron chi connectivity index (χ3n) is 10.6. The molecule has 0 amide bonds. The molecule has 6 rings (SSSR count). The van der Waals surface area contributed by atoms with Gasteiger partial charge in [-0.2, -0.15) is 16.8 Å². The predicted octanol–water partition coefficient (Wildman–Crippen LogP) is 7.21. The Bertz CT molecular complexity index is 2790. The number of carboxylic acids is 1. The highest BCUT2D eigenvalue weighted by Gasteiger charge is 2.44.